The first-order valence-electron chi connectivity index (χ1n) is 39.9. The van der Waals surface area contributed by atoms with Gasteiger partial charge in [0.1, 0.15) is 132 Å². The zero-order chi connectivity index (χ0) is 91.6. The Morgan fingerprint density at radius 2 is 1.05 bits per heavy atom. The van der Waals surface area contributed by atoms with Gasteiger partial charge in [0.25, 0.3) is 0 Å². The minimum absolute atomic E-state index is 0.00858. The lowest BCUT2D eigenvalue weighted by Gasteiger charge is -2.45. The number of ether oxygens (including phenoxy) is 12. The van der Waals surface area contributed by atoms with Crippen LogP contribution in [-0.2, 0) is 44.4 Å². The van der Waals surface area contributed by atoms with Gasteiger partial charge in [0.2, 0.25) is 53.7 Å². The monoisotopic (exact) mass is 1810 g/mol. The van der Waals surface area contributed by atoms with Gasteiger partial charge in [-0.25, -0.2) is 34.7 Å². The van der Waals surface area contributed by atoms with Crippen molar-refractivity contribution >= 4 is 53.0 Å². The van der Waals surface area contributed by atoms with Gasteiger partial charge < -0.3 is 181 Å². The number of fused-ring (bicyclic) bond motifs is 12. The Kier molecular flexibility index (Phi) is 26.6. The number of hydrogen-bond donors (Lipinski definition) is 24. The predicted molar refractivity (Wildman–Crippen MR) is 440 cm³/mol. The summed E-state index contributed by atoms with van der Waals surface area (Å²) in [5.41, 5.74) is 10.6. The quantitative estimate of drug-likeness (QED) is 0.0781. The van der Waals surface area contributed by atoms with Crippen molar-refractivity contribution in [2.24, 2.45) is 41.4 Å². The van der Waals surface area contributed by atoms with Crippen molar-refractivity contribution < 1.29 is 174 Å². The molecule has 0 aliphatic carbocycles. The topological polar surface area (TPSA) is 699 Å². The number of halogens is 1. The van der Waals surface area contributed by atoms with E-state index in [4.69, 9.17) is 89.9 Å². The molecule has 10 aliphatic heterocycles. The number of carbonyl (C=O) groups excluding carboxylic acids is 1. The number of nitrogens with two attached hydrogens (primary N) is 2. The molecule has 128 heavy (non-hydrogen) atoms. The molecule has 44 heteroatoms. The number of esters is 1. The number of methoxy groups -OCH3 is 1. The van der Waals surface area contributed by atoms with E-state index in [9.17, 15) is 117 Å². The van der Waals surface area contributed by atoms with E-state index in [1.807, 2.05) is 0 Å². The van der Waals surface area contributed by atoms with Crippen LogP contribution in [0.5, 0.6) is 69.0 Å². The summed E-state index contributed by atoms with van der Waals surface area (Å²) in [7, 11) is 0.900. The first-order chi connectivity index (χ1) is 61.0. The van der Waals surface area contributed by atoms with E-state index in [1.54, 1.807) is 0 Å². The van der Waals surface area contributed by atoms with Crippen LogP contribution >= 0.6 is 11.6 Å². The number of hydrogen-bond acceptors (Lipinski definition) is 37. The van der Waals surface area contributed by atoms with Gasteiger partial charge in [-0.15, -0.1) is 0 Å². The zero-order valence-corrected chi connectivity index (χ0v) is 68.2. The predicted octanol–water partition coefficient (Wildman–Crippen LogP) is 2.39. The van der Waals surface area contributed by atoms with Crippen LogP contribution in [0.4, 0.5) is 0 Å². The van der Waals surface area contributed by atoms with Gasteiger partial charge in [-0.1, -0.05) is 41.9 Å². The highest BCUT2D eigenvalue weighted by Crippen LogP contribution is 2.52. The number of phenols is 4. The van der Waals surface area contributed by atoms with Gasteiger partial charge in [0.15, 0.2) is 65.8 Å². The Balaban J connectivity index is 1.01. The molecule has 0 radical (unpaired) electrons. The molecule has 43 nitrogen and oxygen atoms in total. The zero-order valence-electron chi connectivity index (χ0n) is 67.5. The number of aliphatic imine (C=N–C) groups is 6. The third-order valence-corrected chi connectivity index (χ3v) is 23.2. The summed E-state index contributed by atoms with van der Waals surface area (Å²) in [5, 5.41) is 258. The Labute approximate surface area is 728 Å². The maximum absolute atomic E-state index is 14.8. The number of aromatic hydroxyl groups is 4. The lowest BCUT2D eigenvalue weighted by molar-refractivity contribution is -0.352. The van der Waals surface area contributed by atoms with Crippen molar-refractivity contribution in [1.29, 1.82) is 0 Å². The van der Waals surface area contributed by atoms with Gasteiger partial charge in [-0.3, -0.25) is 0 Å². The Bertz CT molecular complexity index is 5500. The Morgan fingerprint density at radius 1 is 0.484 bits per heavy atom. The lowest BCUT2D eigenvalue weighted by atomic mass is 9.90. The van der Waals surface area contributed by atoms with Crippen LogP contribution in [0.3, 0.4) is 0 Å². The van der Waals surface area contributed by atoms with E-state index < -0.39 is 317 Å². The van der Waals surface area contributed by atoms with Crippen LogP contribution < -0.4 is 35.2 Å². The van der Waals surface area contributed by atoms with Crippen LogP contribution in [0.25, 0.3) is 11.1 Å². The molecule has 0 aromatic heterocycles. The summed E-state index contributed by atoms with van der Waals surface area (Å²) in [6.07, 6.45) is -36.9. The molecular weight excluding hydrogens is 1720 g/mol. The van der Waals surface area contributed by atoms with Gasteiger partial charge in [-0.2, -0.15) is 0 Å². The molecule has 7 aromatic rings. The van der Waals surface area contributed by atoms with Crippen LogP contribution in [0.15, 0.2) is 145 Å². The molecular formula is C84H91ClN8O35. The first kappa shape index (κ1) is 91.3. The van der Waals surface area contributed by atoms with Crippen LogP contribution in [0, 0.1) is 6.92 Å². The molecule has 0 saturated carbocycles. The summed E-state index contributed by atoms with van der Waals surface area (Å²) < 4.78 is 74.3. The molecule has 0 amide bonds. The van der Waals surface area contributed by atoms with Crippen molar-refractivity contribution in [2.45, 2.75) is 192 Å². The van der Waals surface area contributed by atoms with E-state index in [-0.39, 0.29) is 45.9 Å². The number of aliphatic hydroxyl groups excluding tert-OH is 18. The Hall–Kier alpha value is -11.5. The molecule has 7 aromatic carbocycles. The van der Waals surface area contributed by atoms with Crippen molar-refractivity contribution in [3.8, 4) is 80.1 Å². The largest absolute Gasteiger partial charge is 0.508 e. The minimum atomic E-state index is -2.44. The molecule has 26 N–H and O–H groups in total. The standard InChI is InChI=1S/C84H91ClN8O35/c1-28-45(100)17-34-19-47(28)121-48-18-31(6-12-44(48)99)57(87)76(111)88-42-14-30-4-9-37(10-5-30)119-50-20-35-21-51(73(50)127-84-71(109)68(106)74(54(27-96)125-84)128-83-70(108)67(105)65(103)53(26-95)124-83)120-46-13-8-33(16-40(46)85)72(126-55-24-41(86)63(101)29(2)118-55)62-80(115)92-61(81(116)117-3)39-22-36(97)23-49(122-82-69(107)66(104)64(102)52(25-94)123-82)56(39)38-15-32(7-11-43(38)98)58(77(112)93-62)90-79(114)60(35)91-78(113)59(34)89-75(42)110/h4-13,15-23,29,41-42,52-55,57-72,74,82-84,94-109H,14,24-27,86-87H2,1-3H3,(H,88,111)(H,89,110)(H,90,114)(H,91,113)(H,92,115)(H,93,112). The number of nitrogens with zero attached hydrogens (tertiary/aromatic N) is 6. The molecule has 27 unspecified atom stereocenters. The van der Waals surface area contributed by atoms with Crippen molar-refractivity contribution in [2.75, 3.05) is 26.9 Å². The SMILES string of the molecule is COC(=O)C1N=C(O)C2N=C(O)C(N=C(O)C3N=C(O)C4N=C(O)C(Cc5ccc(cc5)Oc5cc3cc(c5OC3OC(CO)C(OC5OC(CO)C(O)C(O)C5O)C(O)C3O)Oc3ccc(cc3Cl)C2OC2CC(N)C(O)C(C)O2)N=C(O)C(N)c2ccc(O)c(c2)Oc2cc4cc(O)c2C)c2ccc(O)c(c2)-c2c(OC3OC(CO)C(O)C(O)C3O)cc(O)cc21. The third kappa shape index (κ3) is 18.1. The van der Waals surface area contributed by atoms with E-state index in [1.165, 1.54) is 80.6 Å². The molecule has 27 atom stereocenters. The fourth-order valence-electron chi connectivity index (χ4n) is 15.8. The molecule has 684 valence electrons. The second kappa shape index (κ2) is 37.3. The van der Waals surface area contributed by atoms with Crippen molar-refractivity contribution in [3.05, 3.63) is 165 Å². The average Bonchev–Trinajstić information content (AvgIpc) is 0.759. The summed E-state index contributed by atoms with van der Waals surface area (Å²) in [4.78, 5) is 42.3. The molecule has 10 aliphatic rings. The van der Waals surface area contributed by atoms with E-state index >= 15 is 0 Å². The second-order valence-electron chi connectivity index (χ2n) is 31.4. The molecule has 4 saturated heterocycles. The van der Waals surface area contributed by atoms with E-state index in [0.29, 0.717) is 5.56 Å². The van der Waals surface area contributed by atoms with Crippen molar-refractivity contribution in [3.63, 3.8) is 0 Å². The lowest BCUT2D eigenvalue weighted by Crippen LogP contribution is -2.65. The van der Waals surface area contributed by atoms with Crippen LogP contribution in [0.2, 0.25) is 5.02 Å². The number of rotatable bonds is 12. The second-order valence-corrected chi connectivity index (χ2v) is 31.8. The molecule has 10 heterocycles. The third-order valence-electron chi connectivity index (χ3n) is 22.9. The van der Waals surface area contributed by atoms with Crippen LogP contribution in [0.1, 0.15) is 94.2 Å². The molecule has 4 fully saturated rings. The fourth-order valence-corrected chi connectivity index (χ4v) is 16.0. The normalized spacial score (nSPS) is 32.5. The number of carbonyl (C=O) groups is 1. The van der Waals surface area contributed by atoms with E-state index in [2.05, 4.69) is 20.0 Å². The smallest absolute Gasteiger partial charge is 0.335 e. The fraction of sp³-hybridized carbons (Fsp3) is 0.417. The first-order valence-corrected chi connectivity index (χ1v) is 40.3. The van der Waals surface area contributed by atoms with Gasteiger partial charge in [0, 0.05) is 47.2 Å². The average molecular weight is 1810 g/mol. The maximum atomic E-state index is 14.8. The van der Waals surface area contributed by atoms with Crippen molar-refractivity contribution in [1.82, 2.24) is 0 Å². The maximum Gasteiger partial charge on any atom is 0.335 e. The minimum Gasteiger partial charge on any atom is -0.508 e. The Morgan fingerprint density at radius 3 is 1.70 bits per heavy atom. The summed E-state index contributed by atoms with van der Waals surface area (Å²) in [5.74, 6) is -14.8. The number of aliphatic hydroxyl groups is 18. The summed E-state index contributed by atoms with van der Waals surface area (Å²) in [6, 6.07) is 6.43. The van der Waals surface area contributed by atoms with Gasteiger partial charge in [0.05, 0.1) is 44.2 Å². The molecule has 17 bridgehead atoms. The summed E-state index contributed by atoms with van der Waals surface area (Å²) in [6.45, 7) is -0.153. The number of benzene rings is 7. The molecule has 17 rings (SSSR count). The highest BCUT2D eigenvalue weighted by Gasteiger charge is 2.53. The van der Waals surface area contributed by atoms with Crippen LogP contribution in [-0.4, -0.2) is 309 Å². The number of phenolic OH excluding ortho intramolecular Hbond substituents is 4. The highest BCUT2D eigenvalue weighted by molar-refractivity contribution is 6.32. The van der Waals surface area contributed by atoms with E-state index in [0.717, 1.165) is 55.6 Å². The summed E-state index contributed by atoms with van der Waals surface area (Å²) >= 11 is 7.44. The van der Waals surface area contributed by atoms with Gasteiger partial charge >= 0.3 is 5.97 Å². The molecule has 0 spiro atoms. The van der Waals surface area contributed by atoms with Gasteiger partial charge in [-0.05, 0) is 126 Å². The highest BCUT2D eigenvalue weighted by atomic mass is 35.5.